The molecular weight excluding hydrogens is 433 g/mol. The third-order valence-electron chi connectivity index (χ3n) is 4.86. The highest BCUT2D eigenvalue weighted by Crippen LogP contribution is 2.48. The summed E-state index contributed by atoms with van der Waals surface area (Å²) in [4.78, 5) is 20.8. The molecular formula is C21H12Cl3N3O2. The maximum atomic E-state index is 13.2. The van der Waals surface area contributed by atoms with Crippen molar-refractivity contribution in [2.75, 3.05) is 10.2 Å². The molecule has 0 aromatic heterocycles. The predicted octanol–water partition coefficient (Wildman–Crippen LogP) is 5.65. The van der Waals surface area contributed by atoms with Crippen LogP contribution in [-0.4, -0.2) is 11.7 Å². The maximum absolute atomic E-state index is 13.2. The molecule has 0 radical (unpaired) electrons. The highest BCUT2D eigenvalue weighted by Gasteiger charge is 2.60. The second-order valence-electron chi connectivity index (χ2n) is 6.62. The summed E-state index contributed by atoms with van der Waals surface area (Å²) < 4.78 is 0. The van der Waals surface area contributed by atoms with Crippen LogP contribution in [0.5, 0.6) is 0 Å². The summed E-state index contributed by atoms with van der Waals surface area (Å²) >= 11 is 18.4. The zero-order valence-electron chi connectivity index (χ0n) is 14.7. The van der Waals surface area contributed by atoms with Crippen molar-refractivity contribution >= 4 is 57.9 Å². The first-order valence-electron chi connectivity index (χ1n) is 8.68. The van der Waals surface area contributed by atoms with E-state index < -0.39 is 5.72 Å². The molecule has 3 aromatic carbocycles. The molecule has 2 heterocycles. The molecule has 0 saturated carbocycles. The van der Waals surface area contributed by atoms with Crippen LogP contribution in [0.1, 0.15) is 11.1 Å². The number of nitrogens with one attached hydrogen (secondary N) is 1. The molecule has 1 spiro atoms. The molecule has 2 aliphatic heterocycles. The van der Waals surface area contributed by atoms with Gasteiger partial charge in [-0.25, -0.2) is 0 Å². The Morgan fingerprint density at radius 1 is 0.897 bits per heavy atom. The summed E-state index contributed by atoms with van der Waals surface area (Å²) in [6.07, 6.45) is 0. The molecule has 5 rings (SSSR count). The highest BCUT2D eigenvalue weighted by atomic mass is 35.5. The minimum absolute atomic E-state index is 0.370. The largest absolute Gasteiger partial charge is 0.349 e. The molecule has 29 heavy (non-hydrogen) atoms. The van der Waals surface area contributed by atoms with Gasteiger partial charge in [0, 0.05) is 26.3 Å². The highest BCUT2D eigenvalue weighted by molar-refractivity contribution is 6.32. The predicted molar refractivity (Wildman–Crippen MR) is 115 cm³/mol. The number of rotatable bonds is 2. The molecule has 2 aliphatic rings. The van der Waals surface area contributed by atoms with Gasteiger partial charge in [-0.3, -0.25) is 9.69 Å². The number of amides is 1. The molecule has 1 amide bonds. The van der Waals surface area contributed by atoms with Crippen LogP contribution in [0.2, 0.25) is 15.1 Å². The van der Waals surface area contributed by atoms with E-state index in [2.05, 4.69) is 10.5 Å². The van der Waals surface area contributed by atoms with Crippen molar-refractivity contribution < 1.29 is 9.63 Å². The van der Waals surface area contributed by atoms with Gasteiger partial charge in [-0.2, -0.15) is 0 Å². The summed E-state index contributed by atoms with van der Waals surface area (Å²) in [7, 11) is 0. The zero-order valence-corrected chi connectivity index (χ0v) is 17.0. The summed E-state index contributed by atoms with van der Waals surface area (Å²) in [5.74, 6) is 0.0817. The fourth-order valence-electron chi connectivity index (χ4n) is 3.60. The van der Waals surface area contributed by atoms with Crippen molar-refractivity contribution in [1.82, 2.24) is 0 Å². The van der Waals surface area contributed by atoms with Crippen LogP contribution in [0.4, 0.5) is 11.4 Å². The fraction of sp³-hybridized carbons (Fsp3) is 0.0476. The van der Waals surface area contributed by atoms with Crippen LogP contribution in [0, 0.1) is 0 Å². The van der Waals surface area contributed by atoms with Crippen LogP contribution in [-0.2, 0) is 15.4 Å². The Bertz CT molecular complexity index is 1180. The van der Waals surface area contributed by atoms with E-state index in [1.165, 1.54) is 0 Å². The van der Waals surface area contributed by atoms with Gasteiger partial charge in [0.25, 0.3) is 5.91 Å². The molecule has 0 bridgehead atoms. The molecule has 3 aromatic rings. The number of anilines is 2. The Morgan fingerprint density at radius 2 is 1.62 bits per heavy atom. The molecule has 144 valence electrons. The molecule has 0 fully saturated rings. The Balaban J connectivity index is 1.73. The van der Waals surface area contributed by atoms with Crippen LogP contribution in [0.15, 0.2) is 71.9 Å². The lowest BCUT2D eigenvalue weighted by atomic mass is 10.00. The Labute approximate surface area is 181 Å². The van der Waals surface area contributed by atoms with Crippen molar-refractivity contribution in [1.29, 1.82) is 0 Å². The number of nitrogens with zero attached hydrogens (tertiary/aromatic N) is 2. The number of benzene rings is 3. The van der Waals surface area contributed by atoms with E-state index >= 15 is 0 Å². The molecule has 0 aliphatic carbocycles. The number of amidine groups is 1. The first-order chi connectivity index (χ1) is 14.0. The van der Waals surface area contributed by atoms with Gasteiger partial charge in [-0.1, -0.05) is 52.1 Å². The maximum Gasteiger partial charge on any atom is 0.322 e. The van der Waals surface area contributed by atoms with E-state index in [1.807, 2.05) is 12.1 Å². The van der Waals surface area contributed by atoms with E-state index in [1.54, 1.807) is 59.5 Å². The summed E-state index contributed by atoms with van der Waals surface area (Å²) in [5.41, 5.74) is 1.07. The Hall–Kier alpha value is -2.73. The van der Waals surface area contributed by atoms with Gasteiger partial charge in [0.2, 0.25) is 0 Å². The molecule has 8 heteroatoms. The SMILES string of the molecule is O=C1Nc2cc(Cl)ccc2[C@]12ON=C(c1cccc(Cl)c1)N2c1ccc(Cl)cc1. The quantitative estimate of drug-likeness (QED) is 0.556. The number of carbonyl (C=O) groups excluding carboxylic acids is 1. The standard InChI is InChI=1S/C21H12Cl3N3O2/c22-13-4-7-16(8-5-13)27-19(12-2-1-3-14(23)10-12)26-29-21(27)17-9-6-15(24)11-18(17)25-20(21)28/h1-11H,(H,25,28)/t21-/m0/s1. The lowest BCUT2D eigenvalue weighted by Crippen LogP contribution is -2.51. The second-order valence-corrected chi connectivity index (χ2v) is 7.93. The van der Waals surface area contributed by atoms with Crippen LogP contribution >= 0.6 is 34.8 Å². The van der Waals surface area contributed by atoms with Crippen LogP contribution in [0.3, 0.4) is 0 Å². The number of fused-ring (bicyclic) bond motifs is 2. The monoisotopic (exact) mass is 443 g/mol. The third-order valence-corrected chi connectivity index (χ3v) is 5.58. The van der Waals surface area contributed by atoms with Crippen molar-refractivity contribution in [3.63, 3.8) is 0 Å². The zero-order chi connectivity index (χ0) is 20.2. The molecule has 5 nitrogen and oxygen atoms in total. The van der Waals surface area contributed by atoms with E-state index in [0.29, 0.717) is 43.4 Å². The molecule has 0 unspecified atom stereocenters. The van der Waals surface area contributed by atoms with Crippen LogP contribution in [0.25, 0.3) is 0 Å². The van der Waals surface area contributed by atoms with Gasteiger partial charge in [0.05, 0.1) is 11.3 Å². The van der Waals surface area contributed by atoms with Gasteiger partial charge < -0.3 is 10.2 Å². The summed E-state index contributed by atoms with van der Waals surface area (Å²) in [6.45, 7) is 0. The Morgan fingerprint density at radius 3 is 2.38 bits per heavy atom. The van der Waals surface area contributed by atoms with E-state index in [-0.39, 0.29) is 5.91 Å². The number of carbonyl (C=O) groups is 1. The first-order valence-corrected chi connectivity index (χ1v) is 9.82. The van der Waals surface area contributed by atoms with Gasteiger partial charge in [0.1, 0.15) is 0 Å². The van der Waals surface area contributed by atoms with Gasteiger partial charge >= 0.3 is 5.72 Å². The van der Waals surface area contributed by atoms with Gasteiger partial charge in [-0.15, -0.1) is 0 Å². The third kappa shape index (κ3) is 2.77. The lowest BCUT2D eigenvalue weighted by molar-refractivity contribution is -0.137. The first kappa shape index (κ1) is 18.3. The minimum atomic E-state index is -1.51. The second kappa shape index (κ2) is 6.66. The van der Waals surface area contributed by atoms with Crippen molar-refractivity contribution in [2.45, 2.75) is 5.72 Å². The van der Waals surface area contributed by atoms with E-state index in [4.69, 9.17) is 39.6 Å². The fourth-order valence-corrected chi connectivity index (χ4v) is 4.09. The minimum Gasteiger partial charge on any atom is -0.349 e. The molecule has 0 saturated heterocycles. The van der Waals surface area contributed by atoms with Crippen molar-refractivity contribution in [2.24, 2.45) is 5.16 Å². The van der Waals surface area contributed by atoms with Gasteiger partial charge in [0.15, 0.2) is 5.84 Å². The number of hydrogen-bond acceptors (Lipinski definition) is 4. The van der Waals surface area contributed by atoms with E-state index in [0.717, 1.165) is 0 Å². The number of halogens is 3. The number of hydrogen-bond donors (Lipinski definition) is 1. The Kier molecular flexibility index (Phi) is 4.21. The van der Waals surface area contributed by atoms with Crippen molar-refractivity contribution in [3.05, 3.63) is 92.9 Å². The van der Waals surface area contributed by atoms with Crippen molar-refractivity contribution in [3.8, 4) is 0 Å². The number of oxime groups is 1. The lowest BCUT2D eigenvalue weighted by Gasteiger charge is -2.32. The average Bonchev–Trinajstić information content (AvgIpc) is 3.22. The molecule has 1 atom stereocenters. The van der Waals surface area contributed by atoms with E-state index in [9.17, 15) is 4.79 Å². The van der Waals surface area contributed by atoms with Crippen LogP contribution < -0.4 is 10.2 Å². The summed E-state index contributed by atoms with van der Waals surface area (Å²) in [6, 6.07) is 19.5. The topological polar surface area (TPSA) is 53.9 Å². The molecule has 1 N–H and O–H groups in total. The average molecular weight is 445 g/mol. The smallest absolute Gasteiger partial charge is 0.322 e. The summed E-state index contributed by atoms with van der Waals surface area (Å²) in [5, 5.41) is 8.77. The normalized spacial score (nSPS) is 19.8. The van der Waals surface area contributed by atoms with Gasteiger partial charge in [-0.05, 0) is 54.6 Å².